The molecule has 2 bridgehead atoms. The van der Waals surface area contributed by atoms with Gasteiger partial charge in [-0.05, 0) is 50.3 Å². The van der Waals surface area contributed by atoms with Crippen molar-refractivity contribution in [2.24, 2.45) is 11.8 Å². The molecule has 3 aromatic rings. The van der Waals surface area contributed by atoms with Gasteiger partial charge in [-0.25, -0.2) is 4.68 Å². The van der Waals surface area contributed by atoms with Crippen molar-refractivity contribution >= 4 is 34.7 Å². The third-order valence-corrected chi connectivity index (χ3v) is 10.0. The Morgan fingerprint density at radius 2 is 1.92 bits per heavy atom. The predicted octanol–water partition coefficient (Wildman–Crippen LogP) is 2.40. The van der Waals surface area contributed by atoms with E-state index in [-0.39, 0.29) is 38.5 Å². The summed E-state index contributed by atoms with van der Waals surface area (Å²) in [6.45, 7) is 9.03. The predicted molar refractivity (Wildman–Crippen MR) is 183 cm³/mol. The number of esters is 1. The number of benzene rings is 2. The van der Waals surface area contributed by atoms with Crippen LogP contribution in [0.15, 0.2) is 79.9 Å². The molecule has 4 heterocycles. The molecule has 0 unspecified atom stereocenters. The van der Waals surface area contributed by atoms with Crippen LogP contribution in [0.2, 0.25) is 0 Å². The Hall–Kier alpha value is -4.88. The topological polar surface area (TPSA) is 156 Å². The van der Waals surface area contributed by atoms with Gasteiger partial charge in [-0.1, -0.05) is 59.8 Å². The van der Waals surface area contributed by atoms with Gasteiger partial charge in [-0.3, -0.25) is 19.2 Å². The van der Waals surface area contributed by atoms with Crippen LogP contribution in [0.5, 0.6) is 0 Å². The average Bonchev–Trinajstić information content (AvgIpc) is 3.88. The Bertz CT molecular complexity index is 1750. The largest absolute Gasteiger partial charge is 0.460 e. The lowest BCUT2D eigenvalue weighted by Gasteiger charge is -2.39. The minimum Gasteiger partial charge on any atom is -0.460 e. The van der Waals surface area contributed by atoms with Crippen LogP contribution in [0.4, 0.5) is 0 Å². The van der Waals surface area contributed by atoms with Crippen LogP contribution in [0.3, 0.4) is 0 Å². The van der Waals surface area contributed by atoms with Crippen LogP contribution in [0.25, 0.3) is 11.0 Å². The number of rotatable bonds is 16. The summed E-state index contributed by atoms with van der Waals surface area (Å²) in [6.07, 6.45) is 3.87. The summed E-state index contributed by atoms with van der Waals surface area (Å²) in [5.41, 5.74) is 0.956. The summed E-state index contributed by atoms with van der Waals surface area (Å²) in [5.74, 6) is -3.60. The van der Waals surface area contributed by atoms with Crippen molar-refractivity contribution in [3.8, 4) is 0 Å². The van der Waals surface area contributed by atoms with Gasteiger partial charge >= 0.3 is 5.97 Å². The zero-order valence-corrected chi connectivity index (χ0v) is 28.2. The lowest BCUT2D eigenvalue weighted by atomic mass is 9.70. The maximum atomic E-state index is 14.9. The molecule has 1 aromatic heterocycles. The molecule has 50 heavy (non-hydrogen) atoms. The summed E-state index contributed by atoms with van der Waals surface area (Å²) < 4.78 is 14.0. The summed E-state index contributed by atoms with van der Waals surface area (Å²) in [6, 6.07) is 14.9. The maximum Gasteiger partial charge on any atom is 0.312 e. The van der Waals surface area contributed by atoms with E-state index in [4.69, 9.17) is 9.47 Å². The number of allylic oxidation sites excluding steroid dienone is 1. The number of carbonyl (C=O) groups excluding carboxylic acids is 4. The number of likely N-dealkylation sites (tertiary alicyclic amines) is 1. The first-order valence-electron chi connectivity index (χ1n) is 17.1. The fourth-order valence-corrected chi connectivity index (χ4v) is 7.80. The van der Waals surface area contributed by atoms with Crippen LogP contribution in [-0.2, 0) is 41.7 Å². The molecule has 0 saturated carbocycles. The highest BCUT2D eigenvalue weighted by Crippen LogP contribution is 2.59. The monoisotopic (exact) mass is 684 g/mol. The Labute approximate surface area is 290 Å². The number of aliphatic hydroxyl groups is 1. The number of hydrogen-bond acceptors (Lipinski definition) is 9. The van der Waals surface area contributed by atoms with Gasteiger partial charge in [0.25, 0.3) is 0 Å². The summed E-state index contributed by atoms with van der Waals surface area (Å²) >= 11 is 0. The summed E-state index contributed by atoms with van der Waals surface area (Å²) in [5, 5.41) is 22.1. The first kappa shape index (κ1) is 35.0. The van der Waals surface area contributed by atoms with Gasteiger partial charge in [-0.2, -0.15) is 0 Å². The van der Waals surface area contributed by atoms with Crippen LogP contribution in [0.1, 0.15) is 38.2 Å². The molecule has 3 aliphatic heterocycles. The second kappa shape index (κ2) is 14.9. The fraction of sp³-hybridized carbons (Fsp3) is 0.459. The van der Waals surface area contributed by atoms with E-state index in [1.165, 1.54) is 4.90 Å². The second-order valence-corrected chi connectivity index (χ2v) is 13.3. The molecule has 3 saturated heterocycles. The number of aromatic nitrogens is 3. The Balaban J connectivity index is 1.32. The number of carbonyl (C=O) groups is 4. The van der Waals surface area contributed by atoms with Gasteiger partial charge in [0.05, 0.1) is 42.6 Å². The molecular formula is C37H44N6O7. The van der Waals surface area contributed by atoms with E-state index < -0.39 is 66.1 Å². The normalized spacial score (nSPS) is 24.8. The van der Waals surface area contributed by atoms with E-state index in [0.717, 1.165) is 11.1 Å². The Morgan fingerprint density at radius 3 is 2.66 bits per heavy atom. The number of ether oxygens (including phenoxy) is 2. The standard InChI is InChI=1S/C37H44N6O7/c1-4-6-16-30(45)38-21-24(3)49-36(48)31-29-17-18-37(50-29)32(31)34(46)43(26(22-44)20-25-12-8-7-9-13-25)33(37)35(47)41(19-5-2)23-42-28-15-11-10-14-27(28)39-40-42/h4-5,7-15,24,26,29,31-33,44H,1-2,6,16-23H2,3H3,(H,38,45)/t24-,26-,29+,31-,32-,33+,37-/m1/s1. The van der Waals surface area contributed by atoms with Crippen molar-refractivity contribution in [1.82, 2.24) is 30.1 Å². The molecule has 0 aliphatic carbocycles. The Kier molecular flexibility index (Phi) is 10.4. The number of amides is 3. The molecule has 2 aromatic carbocycles. The van der Waals surface area contributed by atoms with Gasteiger partial charge in [-0.15, -0.1) is 18.3 Å². The molecule has 7 atom stereocenters. The van der Waals surface area contributed by atoms with Crippen LogP contribution < -0.4 is 5.32 Å². The lowest BCUT2D eigenvalue weighted by molar-refractivity contribution is -0.160. The van der Waals surface area contributed by atoms with Crippen LogP contribution in [0, 0.1) is 11.8 Å². The molecule has 1 spiro atoms. The van der Waals surface area contributed by atoms with E-state index in [2.05, 4.69) is 28.8 Å². The quantitative estimate of drug-likeness (QED) is 0.171. The molecule has 264 valence electrons. The van der Waals surface area contributed by atoms with Crippen molar-refractivity contribution in [2.75, 3.05) is 19.7 Å². The van der Waals surface area contributed by atoms with E-state index in [9.17, 15) is 24.3 Å². The highest BCUT2D eigenvalue weighted by molar-refractivity contribution is 5.98. The number of fused-ring (bicyclic) bond motifs is 2. The zero-order chi connectivity index (χ0) is 35.4. The first-order valence-corrected chi connectivity index (χ1v) is 17.1. The SMILES string of the molecule is C=CCCC(=O)NC[C@@H](C)OC(=O)[C@@H]1[C@@H]2CC[C@]3(O2)[C@H](C(=O)N(CC=C)Cn2nnc4ccccc42)N([C@@H](CO)Cc2ccccc2)C(=O)[C@@H]13. The summed E-state index contributed by atoms with van der Waals surface area (Å²) in [7, 11) is 0. The molecule has 13 heteroatoms. The highest BCUT2D eigenvalue weighted by atomic mass is 16.6. The first-order chi connectivity index (χ1) is 24.2. The number of aliphatic hydroxyl groups excluding tert-OH is 1. The molecule has 0 radical (unpaired) electrons. The average molecular weight is 685 g/mol. The summed E-state index contributed by atoms with van der Waals surface area (Å²) in [4.78, 5) is 58.6. The third kappa shape index (κ3) is 6.54. The van der Waals surface area contributed by atoms with E-state index in [0.29, 0.717) is 24.8 Å². The van der Waals surface area contributed by atoms with E-state index in [1.54, 1.807) is 28.7 Å². The van der Waals surface area contributed by atoms with Crippen LogP contribution >= 0.6 is 0 Å². The smallest absolute Gasteiger partial charge is 0.312 e. The number of nitrogens with zero attached hydrogens (tertiary/aromatic N) is 5. The minimum atomic E-state index is -1.32. The van der Waals surface area contributed by atoms with Gasteiger partial charge in [0.1, 0.15) is 29.9 Å². The molecule has 6 rings (SSSR count). The molecule has 3 fully saturated rings. The zero-order valence-electron chi connectivity index (χ0n) is 28.2. The van der Waals surface area contributed by atoms with Gasteiger partial charge in [0.2, 0.25) is 17.7 Å². The lowest BCUT2D eigenvalue weighted by Crippen LogP contribution is -2.59. The van der Waals surface area contributed by atoms with E-state index >= 15 is 0 Å². The number of para-hydroxylation sites is 1. The fourth-order valence-electron chi connectivity index (χ4n) is 7.80. The molecule has 3 aliphatic rings. The Morgan fingerprint density at radius 1 is 1.16 bits per heavy atom. The number of nitrogens with one attached hydrogen (secondary N) is 1. The van der Waals surface area contributed by atoms with Crippen molar-refractivity contribution in [3.63, 3.8) is 0 Å². The van der Waals surface area contributed by atoms with Gasteiger partial charge < -0.3 is 29.7 Å². The highest BCUT2D eigenvalue weighted by Gasteiger charge is 2.75. The third-order valence-electron chi connectivity index (χ3n) is 10.0. The minimum absolute atomic E-state index is 0.0258. The van der Waals surface area contributed by atoms with Crippen molar-refractivity contribution in [2.45, 2.75) is 75.6 Å². The van der Waals surface area contributed by atoms with Crippen molar-refractivity contribution in [1.29, 1.82) is 0 Å². The number of hydrogen-bond donors (Lipinski definition) is 2. The molecule has 2 N–H and O–H groups in total. The molecule has 3 amide bonds. The second-order valence-electron chi connectivity index (χ2n) is 13.3. The van der Waals surface area contributed by atoms with Crippen molar-refractivity contribution < 1.29 is 33.8 Å². The van der Waals surface area contributed by atoms with E-state index in [1.807, 2.05) is 54.6 Å². The maximum absolute atomic E-state index is 14.9. The van der Waals surface area contributed by atoms with Crippen molar-refractivity contribution in [3.05, 3.63) is 85.5 Å². The van der Waals surface area contributed by atoms with Gasteiger partial charge in [0, 0.05) is 13.0 Å². The molecule has 13 nitrogen and oxygen atoms in total. The van der Waals surface area contributed by atoms with Gasteiger partial charge in [0.15, 0.2) is 0 Å². The van der Waals surface area contributed by atoms with Crippen LogP contribution in [-0.4, -0.2) is 103 Å². The molecular weight excluding hydrogens is 640 g/mol.